The van der Waals surface area contributed by atoms with E-state index >= 15 is 0 Å². The molecule has 1 fully saturated rings. The summed E-state index contributed by atoms with van der Waals surface area (Å²) in [5.74, 6) is 1.13. The lowest BCUT2D eigenvalue weighted by atomic mass is 10.1. The summed E-state index contributed by atoms with van der Waals surface area (Å²) in [6.45, 7) is 4.80. The van der Waals surface area contributed by atoms with E-state index in [1.54, 1.807) is 12.1 Å². The van der Waals surface area contributed by atoms with Crippen molar-refractivity contribution in [1.82, 2.24) is 15.0 Å². The molecule has 0 amide bonds. The largest absolute Gasteiger partial charge is 0.371 e. The molecule has 0 N–H and O–H groups in total. The molecule has 2 aromatic rings. The lowest BCUT2D eigenvalue weighted by Gasteiger charge is -2.32. The van der Waals surface area contributed by atoms with E-state index in [-0.39, 0.29) is 11.9 Å². The average Bonchev–Trinajstić information content (AvgIpc) is 2.96. The molecule has 1 aromatic carbocycles. The zero-order valence-electron chi connectivity index (χ0n) is 12.0. The minimum atomic E-state index is -0.232. The molecule has 1 aliphatic rings. The van der Waals surface area contributed by atoms with Gasteiger partial charge in [0.25, 0.3) is 0 Å². The number of rotatable bonds is 4. The molecule has 0 spiro atoms. The van der Waals surface area contributed by atoms with Gasteiger partial charge >= 0.3 is 0 Å². The topological polar surface area (TPSA) is 51.4 Å². The molecule has 1 unspecified atom stereocenters. The maximum atomic E-state index is 13.0. The van der Waals surface area contributed by atoms with E-state index < -0.39 is 0 Å². The summed E-state index contributed by atoms with van der Waals surface area (Å²) in [5.41, 5.74) is 0.987. The van der Waals surface area contributed by atoms with Gasteiger partial charge in [0.2, 0.25) is 5.89 Å². The smallest absolute Gasteiger partial charge is 0.240 e. The Morgan fingerprint density at radius 1 is 1.33 bits per heavy atom. The lowest BCUT2D eigenvalue weighted by Crippen LogP contribution is -2.37. The summed E-state index contributed by atoms with van der Waals surface area (Å²) >= 11 is 0. The minimum absolute atomic E-state index is 0.0482. The summed E-state index contributed by atoms with van der Waals surface area (Å²) in [6.07, 6.45) is 0.720. The van der Waals surface area contributed by atoms with E-state index in [2.05, 4.69) is 15.0 Å². The van der Waals surface area contributed by atoms with Gasteiger partial charge in [-0.25, -0.2) is 4.39 Å². The average molecular weight is 291 g/mol. The Morgan fingerprint density at radius 3 is 2.86 bits per heavy atom. The molecule has 0 radical (unpaired) electrons. The van der Waals surface area contributed by atoms with E-state index in [0.717, 1.165) is 30.9 Å². The van der Waals surface area contributed by atoms with Crippen molar-refractivity contribution in [2.45, 2.75) is 26.0 Å². The second-order valence-electron chi connectivity index (χ2n) is 5.10. The van der Waals surface area contributed by atoms with Crippen molar-refractivity contribution in [3.05, 3.63) is 47.4 Å². The molecular formula is C15H18FN3O2. The molecule has 112 valence electrons. The molecular weight excluding hydrogens is 273 g/mol. The first kappa shape index (κ1) is 14.2. The Bertz CT molecular complexity index is 585. The number of hydrogen-bond acceptors (Lipinski definition) is 5. The van der Waals surface area contributed by atoms with Crippen molar-refractivity contribution in [3.63, 3.8) is 0 Å². The Hall–Kier alpha value is -1.79. The fourth-order valence-electron chi connectivity index (χ4n) is 2.41. The molecule has 2 heterocycles. The van der Waals surface area contributed by atoms with E-state index in [0.29, 0.717) is 19.0 Å². The van der Waals surface area contributed by atoms with E-state index in [4.69, 9.17) is 9.26 Å². The number of benzene rings is 1. The van der Waals surface area contributed by atoms with Crippen LogP contribution in [-0.4, -0.2) is 34.7 Å². The SMILES string of the molecule is CCc1noc(CN2CCOC(c3ccc(F)cc3)C2)n1. The first-order valence-corrected chi connectivity index (χ1v) is 7.15. The van der Waals surface area contributed by atoms with Crippen molar-refractivity contribution in [2.75, 3.05) is 19.7 Å². The number of hydrogen-bond donors (Lipinski definition) is 0. The predicted molar refractivity (Wildman–Crippen MR) is 74.0 cm³/mol. The van der Waals surface area contributed by atoms with E-state index in [1.807, 2.05) is 6.92 Å². The summed E-state index contributed by atoms with van der Waals surface area (Å²) in [6, 6.07) is 6.46. The zero-order valence-corrected chi connectivity index (χ0v) is 12.0. The van der Waals surface area contributed by atoms with Crippen molar-refractivity contribution in [3.8, 4) is 0 Å². The third-order valence-electron chi connectivity index (χ3n) is 3.58. The van der Waals surface area contributed by atoms with Crippen LogP contribution in [0.2, 0.25) is 0 Å². The van der Waals surface area contributed by atoms with Gasteiger partial charge in [-0.05, 0) is 17.7 Å². The van der Waals surface area contributed by atoms with Gasteiger partial charge in [-0.15, -0.1) is 0 Å². The fourth-order valence-corrected chi connectivity index (χ4v) is 2.41. The molecule has 21 heavy (non-hydrogen) atoms. The predicted octanol–water partition coefficient (Wildman–Crippen LogP) is 2.34. The second-order valence-corrected chi connectivity index (χ2v) is 5.10. The Balaban J connectivity index is 1.63. The molecule has 1 saturated heterocycles. The molecule has 6 heteroatoms. The number of morpholine rings is 1. The minimum Gasteiger partial charge on any atom is -0.371 e. The van der Waals surface area contributed by atoms with E-state index in [1.165, 1.54) is 12.1 Å². The van der Waals surface area contributed by atoms with Gasteiger partial charge in [0, 0.05) is 19.5 Å². The highest BCUT2D eigenvalue weighted by molar-refractivity contribution is 5.19. The zero-order chi connectivity index (χ0) is 14.7. The van der Waals surface area contributed by atoms with Crippen LogP contribution in [0.3, 0.4) is 0 Å². The Morgan fingerprint density at radius 2 is 2.14 bits per heavy atom. The normalized spacial score (nSPS) is 19.8. The Labute approximate surface area is 122 Å². The summed E-state index contributed by atoms with van der Waals surface area (Å²) in [5, 5.41) is 3.90. The van der Waals surface area contributed by atoms with Crippen molar-refractivity contribution in [1.29, 1.82) is 0 Å². The van der Waals surface area contributed by atoms with Crippen LogP contribution in [0.1, 0.15) is 30.3 Å². The fraction of sp³-hybridized carbons (Fsp3) is 0.467. The number of nitrogens with zero attached hydrogens (tertiary/aromatic N) is 3. The third kappa shape index (κ3) is 3.46. The van der Waals surface area contributed by atoms with Crippen LogP contribution in [0, 0.1) is 5.82 Å². The van der Waals surface area contributed by atoms with Crippen LogP contribution < -0.4 is 0 Å². The first-order chi connectivity index (χ1) is 10.2. The third-order valence-corrected chi connectivity index (χ3v) is 3.58. The van der Waals surface area contributed by atoms with E-state index in [9.17, 15) is 4.39 Å². The summed E-state index contributed by atoms with van der Waals surface area (Å²) in [4.78, 5) is 6.54. The molecule has 3 rings (SSSR count). The van der Waals surface area contributed by atoms with Gasteiger partial charge in [-0.1, -0.05) is 24.2 Å². The number of aryl methyl sites for hydroxylation is 1. The highest BCUT2D eigenvalue weighted by atomic mass is 19.1. The van der Waals surface area contributed by atoms with Crippen LogP contribution in [0.4, 0.5) is 4.39 Å². The standard InChI is InChI=1S/C15H18FN3O2/c1-2-14-17-15(21-18-14)10-19-7-8-20-13(9-19)11-3-5-12(16)6-4-11/h3-6,13H,2,7-10H2,1H3. The van der Waals surface area contributed by atoms with Crippen LogP contribution in [0.25, 0.3) is 0 Å². The molecule has 0 saturated carbocycles. The van der Waals surface area contributed by atoms with Crippen LogP contribution >= 0.6 is 0 Å². The molecule has 1 atom stereocenters. The monoisotopic (exact) mass is 291 g/mol. The van der Waals surface area contributed by atoms with Gasteiger partial charge in [-0.3, -0.25) is 4.90 Å². The van der Waals surface area contributed by atoms with Crippen molar-refractivity contribution in [2.24, 2.45) is 0 Å². The van der Waals surface area contributed by atoms with Gasteiger partial charge < -0.3 is 9.26 Å². The highest BCUT2D eigenvalue weighted by Gasteiger charge is 2.23. The van der Waals surface area contributed by atoms with Gasteiger partial charge in [0.1, 0.15) is 5.82 Å². The van der Waals surface area contributed by atoms with Crippen LogP contribution in [0.15, 0.2) is 28.8 Å². The number of ether oxygens (including phenoxy) is 1. The maximum Gasteiger partial charge on any atom is 0.240 e. The summed E-state index contributed by atoms with van der Waals surface area (Å²) < 4.78 is 24.0. The van der Waals surface area contributed by atoms with Gasteiger partial charge in [0.15, 0.2) is 5.82 Å². The molecule has 0 bridgehead atoms. The number of aromatic nitrogens is 2. The van der Waals surface area contributed by atoms with Crippen molar-refractivity contribution < 1.29 is 13.7 Å². The van der Waals surface area contributed by atoms with Gasteiger partial charge in [-0.2, -0.15) is 4.98 Å². The summed E-state index contributed by atoms with van der Waals surface area (Å²) in [7, 11) is 0. The number of halogens is 1. The quantitative estimate of drug-likeness (QED) is 0.865. The second kappa shape index (κ2) is 6.32. The molecule has 5 nitrogen and oxygen atoms in total. The molecule has 0 aliphatic carbocycles. The lowest BCUT2D eigenvalue weighted by molar-refractivity contribution is -0.0356. The Kier molecular flexibility index (Phi) is 4.26. The highest BCUT2D eigenvalue weighted by Crippen LogP contribution is 2.23. The van der Waals surface area contributed by atoms with Crippen LogP contribution in [0.5, 0.6) is 0 Å². The maximum absolute atomic E-state index is 13.0. The molecule has 1 aromatic heterocycles. The first-order valence-electron chi connectivity index (χ1n) is 7.15. The van der Waals surface area contributed by atoms with Crippen LogP contribution in [-0.2, 0) is 17.7 Å². The van der Waals surface area contributed by atoms with Crippen molar-refractivity contribution >= 4 is 0 Å². The van der Waals surface area contributed by atoms with Gasteiger partial charge in [0.05, 0.1) is 19.3 Å². The molecule has 1 aliphatic heterocycles.